The van der Waals surface area contributed by atoms with E-state index >= 15 is 0 Å². The van der Waals surface area contributed by atoms with Crippen molar-refractivity contribution in [2.75, 3.05) is 14.2 Å². The van der Waals surface area contributed by atoms with Crippen molar-refractivity contribution in [2.45, 2.75) is 44.6 Å². The third-order valence-electron chi connectivity index (χ3n) is 4.52. The van der Waals surface area contributed by atoms with Gasteiger partial charge in [-0.15, -0.1) is 0 Å². The van der Waals surface area contributed by atoms with E-state index in [-0.39, 0.29) is 18.4 Å². The summed E-state index contributed by atoms with van der Waals surface area (Å²) >= 11 is 0. The van der Waals surface area contributed by atoms with E-state index in [4.69, 9.17) is 9.47 Å². The fourth-order valence-electron chi connectivity index (χ4n) is 3.23. The number of methoxy groups -OCH3 is 2. The van der Waals surface area contributed by atoms with Gasteiger partial charge >= 0.3 is 5.97 Å². The average molecular weight is 335 g/mol. The summed E-state index contributed by atoms with van der Waals surface area (Å²) in [7, 11) is 3.11. The van der Waals surface area contributed by atoms with Crippen LogP contribution in [0.4, 0.5) is 0 Å². The van der Waals surface area contributed by atoms with E-state index in [9.17, 15) is 14.7 Å². The molecule has 1 amide bonds. The molecule has 1 aromatic rings. The quantitative estimate of drug-likeness (QED) is 0.780. The number of hydrogen-bond acceptors (Lipinski definition) is 4. The van der Waals surface area contributed by atoms with Gasteiger partial charge in [0.15, 0.2) is 0 Å². The Morgan fingerprint density at radius 1 is 1.17 bits per heavy atom. The summed E-state index contributed by atoms with van der Waals surface area (Å²) < 4.78 is 10.5. The molecule has 6 heteroatoms. The maximum Gasteiger partial charge on any atom is 0.308 e. The Morgan fingerprint density at radius 3 is 2.58 bits per heavy atom. The number of carbonyl (C=O) groups excluding carboxylic acids is 1. The second kappa shape index (κ2) is 8.57. The maximum absolute atomic E-state index is 12.4. The number of ether oxygens (including phenoxy) is 2. The zero-order valence-corrected chi connectivity index (χ0v) is 14.2. The van der Waals surface area contributed by atoms with Gasteiger partial charge < -0.3 is 19.9 Å². The first kappa shape index (κ1) is 18.1. The lowest BCUT2D eigenvalue weighted by Crippen LogP contribution is -2.43. The van der Waals surface area contributed by atoms with Crippen LogP contribution < -0.4 is 14.8 Å². The minimum Gasteiger partial charge on any atom is -0.497 e. The molecule has 1 saturated carbocycles. The van der Waals surface area contributed by atoms with Crippen LogP contribution >= 0.6 is 0 Å². The van der Waals surface area contributed by atoms with Crippen molar-refractivity contribution in [1.82, 2.24) is 5.32 Å². The number of carbonyl (C=O) groups is 2. The van der Waals surface area contributed by atoms with Crippen LogP contribution in [0.25, 0.3) is 0 Å². The monoisotopic (exact) mass is 335 g/mol. The summed E-state index contributed by atoms with van der Waals surface area (Å²) in [6.07, 6.45) is 4.30. The predicted molar refractivity (Wildman–Crippen MR) is 89.4 cm³/mol. The molecular weight excluding hydrogens is 310 g/mol. The molecule has 0 bridgehead atoms. The number of carboxylic acids is 1. The summed E-state index contributed by atoms with van der Waals surface area (Å²) in [5.74, 6) is -0.275. The first-order valence-corrected chi connectivity index (χ1v) is 8.28. The van der Waals surface area contributed by atoms with Crippen molar-refractivity contribution >= 4 is 11.9 Å². The SMILES string of the molecule is COc1ccc(OC)c(CC(=O)N[C@H]2CCCCC[C@H]2C(=O)O)c1. The van der Waals surface area contributed by atoms with Crippen LogP contribution in [-0.4, -0.2) is 37.2 Å². The van der Waals surface area contributed by atoms with E-state index in [1.165, 1.54) is 0 Å². The molecule has 0 radical (unpaired) electrons. The molecule has 2 N–H and O–H groups in total. The third kappa shape index (κ3) is 4.63. The van der Waals surface area contributed by atoms with Gasteiger partial charge in [0.1, 0.15) is 11.5 Å². The van der Waals surface area contributed by atoms with Gasteiger partial charge in [0.25, 0.3) is 0 Å². The Balaban J connectivity index is 2.07. The van der Waals surface area contributed by atoms with Gasteiger partial charge in [-0.2, -0.15) is 0 Å². The molecule has 132 valence electrons. The van der Waals surface area contributed by atoms with Crippen molar-refractivity contribution < 1.29 is 24.2 Å². The molecule has 2 atom stereocenters. The Morgan fingerprint density at radius 2 is 1.92 bits per heavy atom. The summed E-state index contributed by atoms with van der Waals surface area (Å²) in [6.45, 7) is 0. The normalized spacial score (nSPS) is 20.8. The van der Waals surface area contributed by atoms with Gasteiger partial charge in [0, 0.05) is 11.6 Å². The fraction of sp³-hybridized carbons (Fsp3) is 0.556. The van der Waals surface area contributed by atoms with Crippen molar-refractivity contribution in [3.05, 3.63) is 23.8 Å². The largest absolute Gasteiger partial charge is 0.497 e. The minimum absolute atomic E-state index is 0.128. The molecule has 24 heavy (non-hydrogen) atoms. The fourth-order valence-corrected chi connectivity index (χ4v) is 3.23. The summed E-state index contributed by atoms with van der Waals surface area (Å²) in [6, 6.07) is 4.98. The Hall–Kier alpha value is -2.24. The number of aliphatic carboxylic acids is 1. The Bertz CT molecular complexity index is 587. The molecule has 0 aliphatic heterocycles. The van der Waals surface area contributed by atoms with Crippen LogP contribution in [0.2, 0.25) is 0 Å². The first-order chi connectivity index (χ1) is 11.5. The van der Waals surface area contributed by atoms with Gasteiger partial charge in [-0.1, -0.05) is 19.3 Å². The highest BCUT2D eigenvalue weighted by molar-refractivity contribution is 5.81. The molecule has 1 fully saturated rings. The standard InChI is InChI=1S/C18H25NO5/c1-23-13-8-9-16(24-2)12(10-13)11-17(20)19-15-7-5-3-4-6-14(15)18(21)22/h8-10,14-15H,3-7,11H2,1-2H3,(H,19,20)(H,21,22)/t14-,15+/m1/s1. The second-order valence-corrected chi connectivity index (χ2v) is 6.11. The third-order valence-corrected chi connectivity index (χ3v) is 4.52. The lowest BCUT2D eigenvalue weighted by molar-refractivity contribution is -0.143. The molecule has 0 spiro atoms. The lowest BCUT2D eigenvalue weighted by Gasteiger charge is -2.23. The van der Waals surface area contributed by atoms with E-state index in [0.717, 1.165) is 24.8 Å². The molecule has 0 saturated heterocycles. The maximum atomic E-state index is 12.4. The van der Waals surface area contributed by atoms with E-state index < -0.39 is 11.9 Å². The Kier molecular flexibility index (Phi) is 6.46. The molecule has 2 rings (SSSR count). The van der Waals surface area contributed by atoms with Crippen LogP contribution in [0.3, 0.4) is 0 Å². The topological polar surface area (TPSA) is 84.9 Å². The van der Waals surface area contributed by atoms with Crippen LogP contribution in [0.5, 0.6) is 11.5 Å². The highest BCUT2D eigenvalue weighted by atomic mass is 16.5. The number of carboxylic acid groups (broad SMARTS) is 1. The second-order valence-electron chi connectivity index (χ2n) is 6.11. The van der Waals surface area contributed by atoms with Crippen LogP contribution in [0, 0.1) is 5.92 Å². The molecule has 0 heterocycles. The van der Waals surface area contributed by atoms with Crippen LogP contribution in [0.15, 0.2) is 18.2 Å². The molecular formula is C18H25NO5. The number of rotatable bonds is 6. The molecule has 1 aliphatic carbocycles. The highest BCUT2D eigenvalue weighted by Crippen LogP contribution is 2.26. The number of nitrogens with one attached hydrogen (secondary N) is 1. The van der Waals surface area contributed by atoms with Crippen molar-refractivity contribution in [2.24, 2.45) is 5.92 Å². The molecule has 1 aliphatic rings. The van der Waals surface area contributed by atoms with Crippen molar-refractivity contribution in [3.63, 3.8) is 0 Å². The minimum atomic E-state index is -0.832. The van der Waals surface area contributed by atoms with E-state index in [2.05, 4.69) is 5.32 Å². The summed E-state index contributed by atoms with van der Waals surface area (Å²) in [5, 5.41) is 12.3. The number of benzene rings is 1. The van der Waals surface area contributed by atoms with Gasteiger partial charge in [-0.05, 0) is 31.0 Å². The Labute approximate surface area is 142 Å². The summed E-state index contributed by atoms with van der Waals surface area (Å²) in [5.41, 5.74) is 0.717. The highest BCUT2D eigenvalue weighted by Gasteiger charge is 2.30. The molecule has 1 aromatic carbocycles. The van der Waals surface area contributed by atoms with E-state index in [0.29, 0.717) is 24.3 Å². The number of hydrogen-bond donors (Lipinski definition) is 2. The summed E-state index contributed by atoms with van der Waals surface area (Å²) in [4.78, 5) is 23.9. The van der Waals surface area contributed by atoms with Crippen LogP contribution in [-0.2, 0) is 16.0 Å². The van der Waals surface area contributed by atoms with Crippen molar-refractivity contribution in [1.29, 1.82) is 0 Å². The van der Waals surface area contributed by atoms with Gasteiger partial charge in [-0.25, -0.2) is 0 Å². The van der Waals surface area contributed by atoms with Gasteiger partial charge in [0.05, 0.1) is 26.6 Å². The first-order valence-electron chi connectivity index (χ1n) is 8.28. The predicted octanol–water partition coefficient (Wildman–Crippen LogP) is 2.40. The molecule has 0 unspecified atom stereocenters. The average Bonchev–Trinajstić information content (AvgIpc) is 2.80. The molecule has 0 aromatic heterocycles. The smallest absolute Gasteiger partial charge is 0.308 e. The number of amides is 1. The van der Waals surface area contributed by atoms with Crippen molar-refractivity contribution in [3.8, 4) is 11.5 Å². The van der Waals surface area contributed by atoms with E-state index in [1.807, 2.05) is 0 Å². The lowest BCUT2D eigenvalue weighted by atomic mass is 9.94. The van der Waals surface area contributed by atoms with E-state index in [1.54, 1.807) is 32.4 Å². The zero-order chi connectivity index (χ0) is 17.5. The zero-order valence-electron chi connectivity index (χ0n) is 14.2. The molecule has 6 nitrogen and oxygen atoms in total. The van der Waals surface area contributed by atoms with Gasteiger partial charge in [-0.3, -0.25) is 9.59 Å². The van der Waals surface area contributed by atoms with Crippen LogP contribution in [0.1, 0.15) is 37.7 Å². The van der Waals surface area contributed by atoms with Gasteiger partial charge in [0.2, 0.25) is 5.91 Å².